The maximum Gasteiger partial charge on any atom is 0.303 e. The zero-order chi connectivity index (χ0) is 19.0. The van der Waals surface area contributed by atoms with Crippen LogP contribution in [0.15, 0.2) is 24.3 Å². The summed E-state index contributed by atoms with van der Waals surface area (Å²) in [6, 6.07) is 5.89. The molecule has 2 amide bonds. The number of rotatable bonds is 9. The molecule has 7 heteroatoms. The van der Waals surface area contributed by atoms with E-state index in [0.717, 1.165) is 0 Å². The average Bonchev–Trinajstić information content (AvgIpc) is 2.56. The van der Waals surface area contributed by atoms with E-state index in [4.69, 9.17) is 9.84 Å². The van der Waals surface area contributed by atoms with Crippen LogP contribution in [0.5, 0.6) is 5.75 Å². The summed E-state index contributed by atoms with van der Waals surface area (Å²) in [6.45, 7) is 5.65. The van der Waals surface area contributed by atoms with Crippen molar-refractivity contribution in [2.45, 2.75) is 33.2 Å². The number of nitrogens with one attached hydrogen (secondary N) is 2. The van der Waals surface area contributed by atoms with Crippen molar-refractivity contribution in [3.05, 3.63) is 29.8 Å². The normalized spacial score (nSPS) is 13.0. The minimum Gasteiger partial charge on any atom is -0.497 e. The number of ether oxygens (including phenoxy) is 1. The van der Waals surface area contributed by atoms with Crippen LogP contribution in [-0.2, 0) is 9.59 Å². The highest BCUT2D eigenvalue weighted by Gasteiger charge is 2.25. The van der Waals surface area contributed by atoms with Crippen molar-refractivity contribution in [2.24, 2.45) is 11.8 Å². The predicted octanol–water partition coefficient (Wildman–Crippen LogP) is 1.68. The molecule has 2 atom stereocenters. The number of carbonyl (C=O) groups excluding carboxylic acids is 2. The maximum atomic E-state index is 12.3. The maximum absolute atomic E-state index is 12.3. The number of carboxylic acids is 1. The van der Waals surface area contributed by atoms with Crippen molar-refractivity contribution in [3.63, 3.8) is 0 Å². The number of aliphatic carboxylic acids is 1. The van der Waals surface area contributed by atoms with Crippen LogP contribution in [0.1, 0.15) is 37.6 Å². The Morgan fingerprint density at radius 1 is 1.12 bits per heavy atom. The van der Waals surface area contributed by atoms with Gasteiger partial charge in [0.2, 0.25) is 5.91 Å². The fraction of sp³-hybridized carbons (Fsp3) is 0.500. The standard InChI is InChI=1S/C18H26N2O5/c1-11(2)16(18(24)19-10-12(3)9-15(21)22)20-17(23)13-5-7-14(25-4)8-6-13/h5-8,11-12,16H,9-10H2,1-4H3,(H,19,24)(H,20,23)(H,21,22). The van der Waals surface area contributed by atoms with Crippen LogP contribution in [0.4, 0.5) is 0 Å². The van der Waals surface area contributed by atoms with Gasteiger partial charge in [0.15, 0.2) is 0 Å². The summed E-state index contributed by atoms with van der Waals surface area (Å²) in [4.78, 5) is 35.4. The molecule has 0 spiro atoms. The van der Waals surface area contributed by atoms with E-state index in [-0.39, 0.29) is 36.6 Å². The molecule has 1 aromatic carbocycles. The molecule has 0 aliphatic rings. The monoisotopic (exact) mass is 350 g/mol. The molecule has 2 unspecified atom stereocenters. The topological polar surface area (TPSA) is 105 Å². The van der Waals surface area contributed by atoms with Gasteiger partial charge in [-0.05, 0) is 36.1 Å². The van der Waals surface area contributed by atoms with E-state index in [1.165, 1.54) is 0 Å². The van der Waals surface area contributed by atoms with E-state index in [9.17, 15) is 14.4 Å². The number of hydrogen-bond acceptors (Lipinski definition) is 4. The molecule has 0 saturated carbocycles. The first kappa shape index (κ1) is 20.5. The molecule has 0 bridgehead atoms. The van der Waals surface area contributed by atoms with E-state index < -0.39 is 12.0 Å². The molecule has 1 aromatic rings. The van der Waals surface area contributed by atoms with Crippen molar-refractivity contribution in [2.75, 3.05) is 13.7 Å². The molecular weight excluding hydrogens is 324 g/mol. The lowest BCUT2D eigenvalue weighted by molar-refractivity contribution is -0.138. The summed E-state index contributed by atoms with van der Waals surface area (Å²) in [5, 5.41) is 14.2. The highest BCUT2D eigenvalue weighted by molar-refractivity contribution is 5.97. The van der Waals surface area contributed by atoms with Gasteiger partial charge in [-0.15, -0.1) is 0 Å². The summed E-state index contributed by atoms with van der Waals surface area (Å²) in [5.74, 6) is -1.25. The molecule has 138 valence electrons. The molecule has 25 heavy (non-hydrogen) atoms. The Balaban J connectivity index is 2.67. The van der Waals surface area contributed by atoms with E-state index in [1.54, 1.807) is 38.3 Å². The fourth-order valence-electron chi connectivity index (χ4n) is 2.26. The minimum atomic E-state index is -0.907. The number of benzene rings is 1. The predicted molar refractivity (Wildman–Crippen MR) is 93.5 cm³/mol. The van der Waals surface area contributed by atoms with Crippen molar-refractivity contribution in [3.8, 4) is 5.75 Å². The van der Waals surface area contributed by atoms with Crippen LogP contribution < -0.4 is 15.4 Å². The van der Waals surface area contributed by atoms with E-state index in [2.05, 4.69) is 10.6 Å². The lowest BCUT2D eigenvalue weighted by atomic mass is 10.0. The molecular formula is C18H26N2O5. The minimum absolute atomic E-state index is 0.0230. The van der Waals surface area contributed by atoms with E-state index in [1.807, 2.05) is 13.8 Å². The lowest BCUT2D eigenvalue weighted by Gasteiger charge is -2.22. The molecule has 0 radical (unpaired) electrons. The third kappa shape index (κ3) is 6.82. The Labute approximate surface area is 147 Å². The van der Waals surface area contributed by atoms with Crippen LogP contribution in [0.3, 0.4) is 0 Å². The molecule has 0 aromatic heterocycles. The molecule has 0 saturated heterocycles. The van der Waals surface area contributed by atoms with Crippen molar-refractivity contribution < 1.29 is 24.2 Å². The number of hydrogen-bond donors (Lipinski definition) is 3. The molecule has 7 nitrogen and oxygen atoms in total. The Morgan fingerprint density at radius 3 is 2.20 bits per heavy atom. The molecule has 0 heterocycles. The summed E-state index contributed by atoms with van der Waals surface area (Å²) in [6.07, 6.45) is -0.0230. The summed E-state index contributed by atoms with van der Waals surface area (Å²) in [5.41, 5.74) is 0.429. The smallest absolute Gasteiger partial charge is 0.303 e. The number of carboxylic acid groups (broad SMARTS) is 1. The summed E-state index contributed by atoms with van der Waals surface area (Å²) >= 11 is 0. The van der Waals surface area contributed by atoms with Gasteiger partial charge in [-0.25, -0.2) is 0 Å². The Hall–Kier alpha value is -2.57. The van der Waals surface area contributed by atoms with Gasteiger partial charge in [0.1, 0.15) is 11.8 Å². The van der Waals surface area contributed by atoms with Gasteiger partial charge in [0.05, 0.1) is 7.11 Å². The zero-order valence-electron chi connectivity index (χ0n) is 15.0. The van der Waals surface area contributed by atoms with Gasteiger partial charge in [0.25, 0.3) is 5.91 Å². The fourth-order valence-corrected chi connectivity index (χ4v) is 2.26. The Bertz CT molecular complexity index is 598. The highest BCUT2D eigenvalue weighted by atomic mass is 16.5. The van der Waals surface area contributed by atoms with Crippen LogP contribution in [0, 0.1) is 11.8 Å². The van der Waals surface area contributed by atoms with Crippen LogP contribution in [-0.4, -0.2) is 42.6 Å². The Kier molecular flexibility index (Phi) is 7.91. The highest BCUT2D eigenvalue weighted by Crippen LogP contribution is 2.12. The molecule has 0 aliphatic carbocycles. The number of amides is 2. The van der Waals surface area contributed by atoms with E-state index >= 15 is 0 Å². The largest absolute Gasteiger partial charge is 0.497 e. The van der Waals surface area contributed by atoms with Gasteiger partial charge in [-0.3, -0.25) is 14.4 Å². The first-order chi connectivity index (χ1) is 11.7. The molecule has 1 rings (SSSR count). The molecule has 0 fully saturated rings. The number of methoxy groups -OCH3 is 1. The average molecular weight is 350 g/mol. The van der Waals surface area contributed by atoms with Crippen LogP contribution in [0.25, 0.3) is 0 Å². The van der Waals surface area contributed by atoms with Crippen molar-refractivity contribution >= 4 is 17.8 Å². The lowest BCUT2D eigenvalue weighted by Crippen LogP contribution is -2.50. The van der Waals surface area contributed by atoms with Gasteiger partial charge >= 0.3 is 5.97 Å². The Morgan fingerprint density at radius 2 is 1.72 bits per heavy atom. The number of carbonyl (C=O) groups is 3. The van der Waals surface area contributed by atoms with Gasteiger partial charge in [0, 0.05) is 18.5 Å². The zero-order valence-corrected chi connectivity index (χ0v) is 15.0. The van der Waals surface area contributed by atoms with Crippen LogP contribution in [0.2, 0.25) is 0 Å². The first-order valence-electron chi connectivity index (χ1n) is 8.19. The second-order valence-electron chi connectivity index (χ2n) is 6.37. The molecule has 0 aliphatic heterocycles. The van der Waals surface area contributed by atoms with Gasteiger partial charge in [-0.1, -0.05) is 20.8 Å². The van der Waals surface area contributed by atoms with Gasteiger partial charge < -0.3 is 20.5 Å². The third-order valence-corrected chi connectivity index (χ3v) is 3.74. The second kappa shape index (κ2) is 9.66. The van der Waals surface area contributed by atoms with Crippen molar-refractivity contribution in [1.29, 1.82) is 0 Å². The third-order valence-electron chi connectivity index (χ3n) is 3.74. The van der Waals surface area contributed by atoms with E-state index in [0.29, 0.717) is 11.3 Å². The quantitative estimate of drug-likeness (QED) is 0.628. The van der Waals surface area contributed by atoms with Gasteiger partial charge in [-0.2, -0.15) is 0 Å². The van der Waals surface area contributed by atoms with Crippen LogP contribution >= 0.6 is 0 Å². The summed E-state index contributed by atoms with van der Waals surface area (Å²) < 4.78 is 5.05. The summed E-state index contributed by atoms with van der Waals surface area (Å²) in [7, 11) is 1.54. The van der Waals surface area contributed by atoms with Crippen molar-refractivity contribution in [1.82, 2.24) is 10.6 Å². The first-order valence-corrected chi connectivity index (χ1v) is 8.19. The second-order valence-corrected chi connectivity index (χ2v) is 6.37. The molecule has 3 N–H and O–H groups in total. The SMILES string of the molecule is COc1ccc(C(=O)NC(C(=O)NCC(C)CC(=O)O)C(C)C)cc1.